The summed E-state index contributed by atoms with van der Waals surface area (Å²) in [4.78, 5) is 0. The maximum Gasteiger partial charge on any atom is 0.114 e. The summed E-state index contributed by atoms with van der Waals surface area (Å²) < 4.78 is 11.0. The van der Waals surface area contributed by atoms with Crippen molar-refractivity contribution in [2.75, 3.05) is 19.8 Å². The first-order valence-corrected chi connectivity index (χ1v) is 12.6. The number of rotatable bonds is 20. The fourth-order valence-corrected chi connectivity index (χ4v) is 3.95. The van der Waals surface area contributed by atoms with Gasteiger partial charge < -0.3 is 24.8 Å². The Hall–Kier alpha value is -0.460. The van der Waals surface area contributed by atoms with Gasteiger partial charge >= 0.3 is 0 Å². The smallest absolute Gasteiger partial charge is 0.114 e. The highest BCUT2D eigenvalue weighted by Gasteiger charge is 2.40. The Kier molecular flexibility index (Phi) is 17.7. The van der Waals surface area contributed by atoms with Crippen LogP contribution in [0.3, 0.4) is 0 Å². The zero-order valence-corrected chi connectivity index (χ0v) is 19.4. The number of ether oxygens (including phenoxy) is 2. The molecule has 4 atom stereocenters. The van der Waals surface area contributed by atoms with Crippen molar-refractivity contribution in [3.05, 3.63) is 12.2 Å². The van der Waals surface area contributed by atoms with E-state index in [2.05, 4.69) is 19.1 Å². The van der Waals surface area contributed by atoms with Crippen LogP contribution in [0.5, 0.6) is 0 Å². The molecule has 0 aromatic rings. The predicted octanol–water partition coefficient (Wildman–Crippen LogP) is 4.91. The number of unbranched alkanes of at least 4 members (excludes halogenated alkanes) is 13. The molecule has 178 valence electrons. The van der Waals surface area contributed by atoms with Crippen molar-refractivity contribution in [3.8, 4) is 0 Å². The molecule has 30 heavy (non-hydrogen) atoms. The van der Waals surface area contributed by atoms with Gasteiger partial charge in [-0.15, -0.1) is 0 Å². The summed E-state index contributed by atoms with van der Waals surface area (Å²) in [7, 11) is 0. The molecule has 0 bridgehead atoms. The summed E-state index contributed by atoms with van der Waals surface area (Å²) in [5, 5.41) is 28.8. The minimum atomic E-state index is -0.977. The molecule has 0 spiro atoms. The van der Waals surface area contributed by atoms with Crippen LogP contribution in [0.1, 0.15) is 103 Å². The maximum absolute atomic E-state index is 9.84. The molecule has 0 aliphatic carbocycles. The van der Waals surface area contributed by atoms with Gasteiger partial charge in [0, 0.05) is 6.61 Å². The topological polar surface area (TPSA) is 79.2 Å². The van der Waals surface area contributed by atoms with Gasteiger partial charge in [0.25, 0.3) is 0 Å². The Morgan fingerprint density at radius 1 is 0.833 bits per heavy atom. The first-order chi connectivity index (χ1) is 14.7. The summed E-state index contributed by atoms with van der Waals surface area (Å²) in [5.41, 5.74) is 0. The second-order valence-corrected chi connectivity index (χ2v) is 8.74. The minimum absolute atomic E-state index is 0.0994. The van der Waals surface area contributed by atoms with E-state index in [9.17, 15) is 15.3 Å². The Labute approximate surface area is 184 Å². The molecule has 1 aliphatic rings. The van der Waals surface area contributed by atoms with Gasteiger partial charge in [-0.2, -0.15) is 0 Å². The summed E-state index contributed by atoms with van der Waals surface area (Å²) >= 11 is 0. The fraction of sp³-hybridized carbons (Fsp3) is 0.920. The molecule has 0 amide bonds. The zero-order chi connectivity index (χ0) is 21.9. The van der Waals surface area contributed by atoms with E-state index in [1.54, 1.807) is 0 Å². The molecule has 0 unspecified atom stereocenters. The normalized spacial score (nSPS) is 22.9. The summed E-state index contributed by atoms with van der Waals surface area (Å²) in [5.74, 6) is 0. The average molecular weight is 429 g/mol. The van der Waals surface area contributed by atoms with Crippen LogP contribution in [0, 0.1) is 0 Å². The van der Waals surface area contributed by atoms with E-state index < -0.39 is 24.4 Å². The highest BCUT2D eigenvalue weighted by atomic mass is 16.6. The molecule has 1 fully saturated rings. The van der Waals surface area contributed by atoms with Crippen molar-refractivity contribution in [1.82, 2.24) is 0 Å². The third-order valence-electron chi connectivity index (χ3n) is 5.97. The molecular weight excluding hydrogens is 380 g/mol. The van der Waals surface area contributed by atoms with Gasteiger partial charge in [-0.3, -0.25) is 0 Å². The van der Waals surface area contributed by atoms with Gasteiger partial charge in [0.05, 0.1) is 13.2 Å². The molecule has 1 rings (SSSR count). The minimum Gasteiger partial charge on any atom is -0.394 e. The van der Waals surface area contributed by atoms with Crippen molar-refractivity contribution in [2.45, 2.75) is 128 Å². The number of allylic oxidation sites excluding steroid dienone is 2. The first-order valence-electron chi connectivity index (χ1n) is 12.6. The second-order valence-electron chi connectivity index (χ2n) is 8.74. The SMILES string of the molecule is CCCC/C=C/CCCCCCCCCCCCCO[C@H](CO)[C@H]1OC[C@H](O)[C@H]1O. The lowest BCUT2D eigenvalue weighted by Crippen LogP contribution is -2.42. The van der Waals surface area contributed by atoms with Gasteiger partial charge in [0.1, 0.15) is 24.4 Å². The van der Waals surface area contributed by atoms with Crippen LogP contribution in [0.4, 0.5) is 0 Å². The molecule has 1 heterocycles. The van der Waals surface area contributed by atoms with E-state index in [1.807, 2.05) is 0 Å². The lowest BCUT2D eigenvalue weighted by Gasteiger charge is -2.24. The molecule has 3 N–H and O–H groups in total. The monoisotopic (exact) mass is 428 g/mol. The maximum atomic E-state index is 9.84. The van der Waals surface area contributed by atoms with Crippen LogP contribution in [0.25, 0.3) is 0 Å². The Morgan fingerprint density at radius 3 is 1.87 bits per heavy atom. The third kappa shape index (κ3) is 13.1. The van der Waals surface area contributed by atoms with Gasteiger partial charge in [0.2, 0.25) is 0 Å². The Morgan fingerprint density at radius 2 is 1.37 bits per heavy atom. The average Bonchev–Trinajstić information content (AvgIpc) is 3.08. The molecule has 5 heteroatoms. The third-order valence-corrected chi connectivity index (χ3v) is 5.97. The van der Waals surface area contributed by atoms with E-state index >= 15 is 0 Å². The fourth-order valence-electron chi connectivity index (χ4n) is 3.95. The van der Waals surface area contributed by atoms with Crippen molar-refractivity contribution in [1.29, 1.82) is 0 Å². The van der Waals surface area contributed by atoms with Gasteiger partial charge in [-0.1, -0.05) is 89.7 Å². The number of aliphatic hydroxyl groups is 3. The molecule has 0 aromatic heterocycles. The van der Waals surface area contributed by atoms with Crippen LogP contribution in [-0.2, 0) is 9.47 Å². The van der Waals surface area contributed by atoms with E-state index in [0.717, 1.165) is 12.8 Å². The summed E-state index contributed by atoms with van der Waals surface area (Å²) in [6.07, 6.45) is 20.8. The number of hydrogen-bond donors (Lipinski definition) is 3. The Balaban J connectivity index is 1.82. The lowest BCUT2D eigenvalue weighted by molar-refractivity contribution is -0.101. The highest BCUT2D eigenvalue weighted by molar-refractivity contribution is 4.88. The summed E-state index contributed by atoms with van der Waals surface area (Å²) in [6, 6.07) is 0. The standard InChI is InChI=1S/C25H48O5/c1-2-3-4-5-6-7-8-9-10-11-12-13-14-15-16-17-18-19-29-23(20-26)25-24(28)22(27)21-30-25/h5-6,22-28H,2-4,7-21H2,1H3/b6-5+/t22-,23+,24+,25+/m0/s1. The molecule has 1 saturated heterocycles. The van der Waals surface area contributed by atoms with Crippen LogP contribution >= 0.6 is 0 Å². The van der Waals surface area contributed by atoms with Crippen molar-refractivity contribution >= 4 is 0 Å². The second kappa shape index (κ2) is 19.2. The number of hydrogen-bond acceptors (Lipinski definition) is 5. The molecular formula is C25H48O5. The highest BCUT2D eigenvalue weighted by Crippen LogP contribution is 2.20. The summed E-state index contributed by atoms with van der Waals surface area (Å²) in [6.45, 7) is 2.70. The Bertz CT molecular complexity index is 401. The molecule has 5 nitrogen and oxygen atoms in total. The largest absolute Gasteiger partial charge is 0.394 e. The van der Waals surface area contributed by atoms with Crippen molar-refractivity contribution in [3.63, 3.8) is 0 Å². The predicted molar refractivity (Wildman–Crippen MR) is 123 cm³/mol. The van der Waals surface area contributed by atoms with Crippen molar-refractivity contribution < 1.29 is 24.8 Å². The van der Waals surface area contributed by atoms with E-state index in [-0.39, 0.29) is 13.2 Å². The molecule has 0 aromatic carbocycles. The van der Waals surface area contributed by atoms with E-state index in [1.165, 1.54) is 83.5 Å². The number of aliphatic hydroxyl groups excluding tert-OH is 3. The molecule has 0 saturated carbocycles. The molecule has 1 aliphatic heterocycles. The van der Waals surface area contributed by atoms with Crippen LogP contribution in [-0.4, -0.2) is 59.6 Å². The van der Waals surface area contributed by atoms with E-state index in [0.29, 0.717) is 6.61 Å². The zero-order valence-electron chi connectivity index (χ0n) is 19.4. The van der Waals surface area contributed by atoms with Crippen LogP contribution < -0.4 is 0 Å². The van der Waals surface area contributed by atoms with Gasteiger partial charge in [0.15, 0.2) is 0 Å². The van der Waals surface area contributed by atoms with Gasteiger partial charge in [-0.05, 0) is 25.7 Å². The van der Waals surface area contributed by atoms with E-state index in [4.69, 9.17) is 9.47 Å². The molecule has 0 radical (unpaired) electrons. The lowest BCUT2D eigenvalue weighted by atomic mass is 10.0. The van der Waals surface area contributed by atoms with Gasteiger partial charge in [-0.25, -0.2) is 0 Å². The first kappa shape index (κ1) is 27.6. The quantitative estimate of drug-likeness (QED) is 0.190. The van der Waals surface area contributed by atoms with Crippen LogP contribution in [0.15, 0.2) is 12.2 Å². The van der Waals surface area contributed by atoms with Crippen LogP contribution in [0.2, 0.25) is 0 Å². The van der Waals surface area contributed by atoms with Crippen molar-refractivity contribution in [2.24, 2.45) is 0 Å².